The van der Waals surface area contributed by atoms with Crippen LogP contribution in [0.1, 0.15) is 11.4 Å². The minimum Gasteiger partial charge on any atom is -0.497 e. The second-order valence-electron chi connectivity index (χ2n) is 12.3. The molecular formula is C40H24Br8N4O3. The SMILES string of the molecule is COc1ccc(-c2c3nc(c4[nH]c(c(Br)c4Br)c(-c4ccc(OC)cc4)c4[nH]c(c(Br)c4Br)c(-c4ccc(OC)cc4)c4[nH]c2c(Br)c4Br)C(Br)=C3Br)cc1. The van der Waals surface area contributed by atoms with Crippen LogP contribution in [0.5, 0.6) is 17.2 Å². The highest BCUT2D eigenvalue weighted by molar-refractivity contribution is 9.18. The lowest BCUT2D eigenvalue weighted by Crippen LogP contribution is -1.89. The van der Waals surface area contributed by atoms with Gasteiger partial charge in [0.1, 0.15) is 22.9 Å². The van der Waals surface area contributed by atoms with Crippen molar-refractivity contribution >= 4 is 170 Å². The number of hydrogen-bond donors (Lipinski definition) is 3. The van der Waals surface area contributed by atoms with Gasteiger partial charge in [-0.3, -0.25) is 0 Å². The first-order valence-corrected chi connectivity index (χ1v) is 22.6. The molecule has 55 heavy (non-hydrogen) atoms. The van der Waals surface area contributed by atoms with Crippen LogP contribution in [-0.4, -0.2) is 41.3 Å². The topological polar surface area (TPSA) is 87.9 Å². The van der Waals surface area contributed by atoms with Crippen LogP contribution in [0.2, 0.25) is 0 Å². The number of aromatic nitrogens is 4. The van der Waals surface area contributed by atoms with E-state index >= 15 is 0 Å². The molecule has 0 aliphatic carbocycles. The molecule has 0 fully saturated rings. The van der Waals surface area contributed by atoms with E-state index in [9.17, 15) is 0 Å². The molecule has 0 unspecified atom stereocenters. The van der Waals surface area contributed by atoms with Crippen molar-refractivity contribution in [3.05, 3.63) is 111 Å². The van der Waals surface area contributed by atoms with Gasteiger partial charge in [0.05, 0.1) is 95.9 Å². The van der Waals surface area contributed by atoms with Crippen LogP contribution in [0.15, 0.2) is 99.6 Å². The molecule has 278 valence electrons. The number of H-pyrrole nitrogens is 3. The van der Waals surface area contributed by atoms with Crippen molar-refractivity contribution in [2.45, 2.75) is 0 Å². The van der Waals surface area contributed by atoms with E-state index in [4.69, 9.17) is 19.2 Å². The van der Waals surface area contributed by atoms with E-state index in [-0.39, 0.29) is 0 Å². The van der Waals surface area contributed by atoms with Gasteiger partial charge >= 0.3 is 0 Å². The van der Waals surface area contributed by atoms with Gasteiger partial charge in [-0.05, 0) is 181 Å². The van der Waals surface area contributed by atoms with Crippen LogP contribution in [0.25, 0.3) is 75.4 Å². The predicted molar refractivity (Wildman–Crippen MR) is 253 cm³/mol. The van der Waals surface area contributed by atoms with E-state index < -0.39 is 0 Å². The van der Waals surface area contributed by atoms with Gasteiger partial charge in [0.25, 0.3) is 0 Å². The summed E-state index contributed by atoms with van der Waals surface area (Å²) < 4.78 is 23.2. The zero-order chi connectivity index (χ0) is 38.9. The minimum atomic E-state index is 0.704. The molecule has 1 aliphatic rings. The maximum Gasteiger partial charge on any atom is 0.118 e. The van der Waals surface area contributed by atoms with Gasteiger partial charge in [-0.2, -0.15) is 0 Å². The van der Waals surface area contributed by atoms with Crippen molar-refractivity contribution in [2.24, 2.45) is 0 Å². The lowest BCUT2D eigenvalue weighted by atomic mass is 10.0. The van der Waals surface area contributed by atoms with E-state index in [2.05, 4.69) is 155 Å². The molecule has 5 heterocycles. The molecule has 3 N–H and O–H groups in total. The van der Waals surface area contributed by atoms with Crippen LogP contribution < -0.4 is 14.2 Å². The molecule has 4 aromatic heterocycles. The summed E-state index contributed by atoms with van der Waals surface area (Å²) in [5.74, 6) is 2.24. The third kappa shape index (κ3) is 6.71. The summed E-state index contributed by atoms with van der Waals surface area (Å²) in [5.41, 5.74) is 11.8. The maximum absolute atomic E-state index is 5.57. The van der Waals surface area contributed by atoms with E-state index in [1.54, 1.807) is 21.3 Å². The second kappa shape index (κ2) is 15.8. The number of nitrogens with one attached hydrogen (secondary N) is 3. The minimum absolute atomic E-state index is 0.704. The van der Waals surface area contributed by atoms with Gasteiger partial charge in [0, 0.05) is 16.7 Å². The van der Waals surface area contributed by atoms with Gasteiger partial charge in [0.2, 0.25) is 0 Å². The molecular weight excluding hydrogens is 1220 g/mol. The number of nitrogens with zero attached hydrogens (tertiary/aromatic N) is 1. The van der Waals surface area contributed by atoms with Gasteiger partial charge in [-0.25, -0.2) is 4.98 Å². The third-order valence-electron chi connectivity index (χ3n) is 9.34. The van der Waals surface area contributed by atoms with Crippen molar-refractivity contribution in [1.29, 1.82) is 0 Å². The molecule has 0 atom stereocenters. The van der Waals surface area contributed by atoms with Crippen LogP contribution in [0, 0.1) is 0 Å². The summed E-state index contributed by atoms with van der Waals surface area (Å²) in [5, 5.41) is 0. The van der Waals surface area contributed by atoms with Crippen molar-refractivity contribution in [2.75, 3.05) is 21.3 Å². The fourth-order valence-electron chi connectivity index (χ4n) is 6.64. The molecule has 8 bridgehead atoms. The second-order valence-corrected chi connectivity index (χ2v) is 18.6. The molecule has 7 aromatic rings. The highest BCUT2D eigenvalue weighted by atomic mass is 79.9. The third-order valence-corrected chi connectivity index (χ3v) is 17.8. The molecule has 0 amide bonds. The number of methoxy groups -OCH3 is 3. The average Bonchev–Trinajstić information content (AvgIpc) is 3.87. The fourth-order valence-corrected chi connectivity index (χ4v) is 10.5. The Kier molecular flexibility index (Phi) is 11.3. The smallest absolute Gasteiger partial charge is 0.118 e. The Morgan fingerprint density at radius 1 is 0.364 bits per heavy atom. The molecule has 0 radical (unpaired) electrons. The molecule has 0 saturated carbocycles. The molecule has 0 spiro atoms. The van der Waals surface area contributed by atoms with Gasteiger partial charge in [0.15, 0.2) is 0 Å². The molecule has 0 saturated heterocycles. The number of fused-ring (bicyclic) bond motifs is 9. The first kappa shape index (κ1) is 39.5. The van der Waals surface area contributed by atoms with Crippen LogP contribution in [0.3, 0.4) is 0 Å². The average molecular weight is 1250 g/mol. The Balaban J connectivity index is 1.68. The lowest BCUT2D eigenvalue weighted by molar-refractivity contribution is 0.415. The maximum atomic E-state index is 5.57. The Hall–Kier alpha value is -2.37. The Bertz CT molecular complexity index is 2840. The first-order chi connectivity index (χ1) is 26.5. The van der Waals surface area contributed by atoms with E-state index in [1.165, 1.54) is 0 Å². The summed E-state index contributed by atoms with van der Waals surface area (Å²) in [6.45, 7) is 0. The number of rotatable bonds is 6. The number of halogens is 8. The molecule has 8 rings (SSSR count). The van der Waals surface area contributed by atoms with E-state index in [1.807, 2.05) is 60.7 Å². The molecule has 15 heteroatoms. The Morgan fingerprint density at radius 3 is 0.982 bits per heavy atom. The van der Waals surface area contributed by atoms with Crippen molar-refractivity contribution < 1.29 is 14.2 Å². The summed E-state index contributed by atoms with van der Waals surface area (Å²) in [7, 11) is 4.99. The molecule has 1 aliphatic heterocycles. The summed E-state index contributed by atoms with van der Waals surface area (Å²) >= 11 is 31.7. The summed E-state index contributed by atoms with van der Waals surface area (Å²) in [4.78, 5) is 16.8. The van der Waals surface area contributed by atoms with Crippen molar-refractivity contribution in [1.82, 2.24) is 19.9 Å². The standard InChI is InChI=1S/C40H24Br8N4O3/c1-53-19-10-4-16(5-11-19)22-33-25(41)27(43)35(49-33)23(17-6-12-20(54-2)13-7-17)37-29(45)31(47)39(51-37)40-32(48)30(46)38(52-40)24(18-8-14-21(55-3)15-9-18)36-28(44)26(42)34(22)50-36/h4-15,49-51H,1-3H3. The normalized spacial score (nSPS) is 12.2. The van der Waals surface area contributed by atoms with Crippen molar-refractivity contribution in [3.8, 4) is 50.6 Å². The summed E-state index contributed by atoms with van der Waals surface area (Å²) in [6.07, 6.45) is 0. The van der Waals surface area contributed by atoms with Crippen LogP contribution in [-0.2, 0) is 0 Å². The lowest BCUT2D eigenvalue weighted by Gasteiger charge is -2.08. The highest BCUT2D eigenvalue weighted by Gasteiger charge is 2.28. The Labute approximate surface area is 382 Å². The van der Waals surface area contributed by atoms with Gasteiger partial charge in [-0.1, -0.05) is 36.4 Å². The quantitative estimate of drug-likeness (QED) is 0.155. The fraction of sp³-hybridized carbons (Fsp3) is 0.0750. The van der Waals surface area contributed by atoms with Crippen LogP contribution >= 0.6 is 127 Å². The number of benzene rings is 3. The largest absolute Gasteiger partial charge is 0.497 e. The van der Waals surface area contributed by atoms with Crippen molar-refractivity contribution in [3.63, 3.8) is 0 Å². The zero-order valence-electron chi connectivity index (χ0n) is 28.6. The van der Waals surface area contributed by atoms with E-state index in [0.29, 0.717) is 5.69 Å². The van der Waals surface area contributed by atoms with E-state index in [0.717, 1.165) is 125 Å². The predicted octanol–water partition coefficient (Wildman–Crippen LogP) is 15.7. The number of hydrogen-bond acceptors (Lipinski definition) is 4. The number of ether oxygens (including phenoxy) is 3. The number of aromatic amines is 3. The Morgan fingerprint density at radius 2 is 0.636 bits per heavy atom. The zero-order valence-corrected chi connectivity index (χ0v) is 41.3. The monoisotopic (exact) mass is 1240 g/mol. The first-order valence-electron chi connectivity index (χ1n) is 16.3. The molecule has 3 aromatic carbocycles. The van der Waals surface area contributed by atoms with Gasteiger partial charge in [-0.15, -0.1) is 0 Å². The van der Waals surface area contributed by atoms with Gasteiger partial charge < -0.3 is 29.2 Å². The highest BCUT2D eigenvalue weighted by Crippen LogP contribution is 2.51. The van der Waals surface area contributed by atoms with Crippen LogP contribution in [0.4, 0.5) is 0 Å². The molecule has 7 nitrogen and oxygen atoms in total. The summed E-state index contributed by atoms with van der Waals surface area (Å²) in [6, 6.07) is 24.0.